The first kappa shape index (κ1) is 16.2. The highest BCUT2D eigenvalue weighted by Gasteiger charge is 2.22. The predicted molar refractivity (Wildman–Crippen MR) is 91.9 cm³/mol. The van der Waals surface area contributed by atoms with Crippen LogP contribution in [0.25, 0.3) is 17.2 Å². The van der Waals surface area contributed by atoms with Crippen LogP contribution in [-0.2, 0) is 16.7 Å². The van der Waals surface area contributed by atoms with Gasteiger partial charge in [-0.25, -0.2) is 0 Å². The molecule has 0 aliphatic rings. The SMILES string of the molecule is O=S(=O)(O)CC[n+]1c(C=CNc2ccccc2)oc2ccccc21. The van der Waals surface area contributed by atoms with E-state index in [4.69, 9.17) is 8.97 Å². The van der Waals surface area contributed by atoms with Gasteiger partial charge in [0.2, 0.25) is 5.58 Å². The lowest BCUT2D eigenvalue weighted by Gasteiger charge is -1.98. The summed E-state index contributed by atoms with van der Waals surface area (Å²) in [6, 6.07) is 17.0. The van der Waals surface area contributed by atoms with Crippen molar-refractivity contribution >= 4 is 33.0 Å². The Labute approximate surface area is 139 Å². The van der Waals surface area contributed by atoms with Crippen molar-refractivity contribution in [3.63, 3.8) is 0 Å². The Hall–Kier alpha value is -2.64. The molecule has 6 nitrogen and oxygen atoms in total. The van der Waals surface area contributed by atoms with Crippen molar-refractivity contribution in [1.29, 1.82) is 0 Å². The normalized spacial score (nSPS) is 12.0. The van der Waals surface area contributed by atoms with E-state index in [9.17, 15) is 8.42 Å². The number of hydrogen-bond acceptors (Lipinski definition) is 4. The molecule has 0 amide bonds. The number of fused-ring (bicyclic) bond motifs is 1. The lowest BCUT2D eigenvalue weighted by Crippen LogP contribution is -2.38. The summed E-state index contributed by atoms with van der Waals surface area (Å²) in [5.41, 5.74) is 2.34. The molecule has 0 aliphatic heterocycles. The summed E-state index contributed by atoms with van der Waals surface area (Å²) in [6.45, 7) is 0.0981. The van der Waals surface area contributed by atoms with E-state index >= 15 is 0 Å². The van der Waals surface area contributed by atoms with Gasteiger partial charge >= 0.3 is 5.89 Å². The molecule has 0 bridgehead atoms. The first-order chi connectivity index (χ1) is 11.5. The maximum atomic E-state index is 11.1. The molecule has 0 spiro atoms. The van der Waals surface area contributed by atoms with Crippen LogP contribution in [0.3, 0.4) is 0 Å². The smallest absolute Gasteiger partial charge is 0.375 e. The van der Waals surface area contributed by atoms with E-state index in [-0.39, 0.29) is 12.3 Å². The van der Waals surface area contributed by atoms with Crippen LogP contribution in [0, 0.1) is 0 Å². The van der Waals surface area contributed by atoms with Gasteiger partial charge in [-0.15, -0.1) is 0 Å². The second-order valence-electron chi connectivity index (χ2n) is 5.19. The van der Waals surface area contributed by atoms with Crippen molar-refractivity contribution in [3.8, 4) is 0 Å². The van der Waals surface area contributed by atoms with Crippen LogP contribution in [0.15, 0.2) is 65.2 Å². The summed E-state index contributed by atoms with van der Waals surface area (Å²) < 4.78 is 38.6. The van der Waals surface area contributed by atoms with Crippen LogP contribution in [0.1, 0.15) is 5.89 Å². The molecule has 24 heavy (non-hydrogen) atoms. The van der Waals surface area contributed by atoms with Crippen LogP contribution in [0.5, 0.6) is 0 Å². The Morgan fingerprint density at radius 2 is 1.79 bits per heavy atom. The van der Waals surface area contributed by atoms with Gasteiger partial charge in [0.05, 0.1) is 6.08 Å². The maximum Gasteiger partial charge on any atom is 0.375 e. The van der Waals surface area contributed by atoms with Crippen LogP contribution >= 0.6 is 0 Å². The molecule has 3 rings (SSSR count). The summed E-state index contributed by atoms with van der Waals surface area (Å²) >= 11 is 0. The molecule has 0 radical (unpaired) electrons. The van der Waals surface area contributed by atoms with Gasteiger partial charge in [0.15, 0.2) is 6.54 Å². The van der Waals surface area contributed by atoms with E-state index < -0.39 is 10.1 Å². The van der Waals surface area contributed by atoms with E-state index in [0.717, 1.165) is 11.2 Å². The van der Waals surface area contributed by atoms with E-state index in [1.807, 2.05) is 48.5 Å². The summed E-state index contributed by atoms with van der Waals surface area (Å²) in [5, 5.41) is 3.12. The molecule has 0 aliphatic carbocycles. The van der Waals surface area contributed by atoms with Crippen molar-refractivity contribution in [2.75, 3.05) is 11.1 Å². The maximum absolute atomic E-state index is 11.1. The van der Waals surface area contributed by atoms with E-state index in [0.29, 0.717) is 11.5 Å². The van der Waals surface area contributed by atoms with Gasteiger partial charge < -0.3 is 9.73 Å². The molecule has 1 heterocycles. The summed E-state index contributed by atoms with van der Waals surface area (Å²) in [7, 11) is -4.05. The lowest BCUT2D eigenvalue weighted by atomic mass is 10.3. The number of nitrogens with one attached hydrogen (secondary N) is 1. The molecule has 0 saturated carbocycles. The monoisotopic (exact) mass is 345 g/mol. The summed E-state index contributed by atoms with van der Waals surface area (Å²) in [6.07, 6.45) is 3.44. The summed E-state index contributed by atoms with van der Waals surface area (Å²) in [4.78, 5) is 0. The number of anilines is 1. The highest BCUT2D eigenvalue weighted by atomic mass is 32.2. The second-order valence-corrected chi connectivity index (χ2v) is 6.76. The zero-order valence-corrected chi connectivity index (χ0v) is 13.6. The number of rotatable bonds is 6. The Morgan fingerprint density at radius 3 is 2.54 bits per heavy atom. The average Bonchev–Trinajstić information content (AvgIpc) is 2.91. The molecule has 0 unspecified atom stereocenters. The van der Waals surface area contributed by atoms with Gasteiger partial charge in [0.1, 0.15) is 5.75 Å². The molecule has 1 aromatic heterocycles. The fourth-order valence-electron chi connectivity index (χ4n) is 2.36. The molecule has 3 aromatic rings. The van der Waals surface area contributed by atoms with E-state index in [1.165, 1.54) is 0 Å². The Morgan fingerprint density at radius 1 is 1.08 bits per heavy atom. The third-order valence-electron chi connectivity index (χ3n) is 3.46. The van der Waals surface area contributed by atoms with Crippen molar-refractivity contribution in [3.05, 3.63) is 66.7 Å². The van der Waals surface area contributed by atoms with Crippen LogP contribution < -0.4 is 9.88 Å². The second kappa shape index (κ2) is 6.86. The molecule has 2 N–H and O–H groups in total. The quantitative estimate of drug-likeness (QED) is 0.530. The molecular weight excluding hydrogens is 328 g/mol. The Bertz CT molecular complexity index is 963. The minimum atomic E-state index is -4.05. The third kappa shape index (κ3) is 4.01. The molecular formula is C17H17N2O4S+. The van der Waals surface area contributed by atoms with Crippen molar-refractivity contribution in [2.24, 2.45) is 0 Å². The van der Waals surface area contributed by atoms with Crippen molar-refractivity contribution < 1.29 is 22.0 Å². The van der Waals surface area contributed by atoms with Gasteiger partial charge in [0.25, 0.3) is 15.6 Å². The van der Waals surface area contributed by atoms with Crippen molar-refractivity contribution in [2.45, 2.75) is 6.54 Å². The fraction of sp³-hybridized carbons (Fsp3) is 0.118. The predicted octanol–water partition coefficient (Wildman–Crippen LogP) is 2.69. The number of oxazole rings is 1. The van der Waals surface area contributed by atoms with Gasteiger partial charge in [-0.05, 0) is 18.2 Å². The first-order valence-electron chi connectivity index (χ1n) is 7.37. The van der Waals surface area contributed by atoms with Crippen LogP contribution in [0.4, 0.5) is 5.69 Å². The molecule has 0 atom stereocenters. The number of aromatic nitrogens is 1. The van der Waals surface area contributed by atoms with Gasteiger partial charge in [-0.2, -0.15) is 13.0 Å². The fourth-order valence-corrected chi connectivity index (χ4v) is 2.77. The summed E-state index contributed by atoms with van der Waals surface area (Å²) in [5.74, 6) is 0.108. The molecule has 7 heteroatoms. The number of hydrogen-bond donors (Lipinski definition) is 2. The average molecular weight is 345 g/mol. The van der Waals surface area contributed by atoms with Crippen LogP contribution in [0.2, 0.25) is 0 Å². The largest absolute Gasteiger partial charge is 0.398 e. The Kier molecular flexibility index (Phi) is 4.64. The minimum absolute atomic E-state index is 0.0981. The standard InChI is InChI=1S/C17H16N2O4S/c20-24(21,22)13-12-19-15-8-4-5-9-16(15)23-17(19)10-11-18-14-6-2-1-3-7-14/h1-11H,12-13H2,(H,20,21,22)/p+1. The topological polar surface area (TPSA) is 83.4 Å². The molecule has 2 aromatic carbocycles. The first-order valence-corrected chi connectivity index (χ1v) is 8.98. The van der Waals surface area contributed by atoms with Crippen LogP contribution in [-0.4, -0.2) is 18.7 Å². The van der Waals surface area contributed by atoms with Crippen molar-refractivity contribution in [1.82, 2.24) is 0 Å². The van der Waals surface area contributed by atoms with E-state index in [1.54, 1.807) is 22.9 Å². The molecule has 124 valence electrons. The molecule has 0 fully saturated rings. The van der Waals surface area contributed by atoms with Gasteiger partial charge in [-0.3, -0.25) is 4.55 Å². The molecule has 0 saturated heterocycles. The lowest BCUT2D eigenvalue weighted by molar-refractivity contribution is -0.673. The van der Waals surface area contributed by atoms with Gasteiger partial charge in [-0.1, -0.05) is 30.3 Å². The zero-order valence-electron chi connectivity index (χ0n) is 12.8. The van der Waals surface area contributed by atoms with E-state index in [2.05, 4.69) is 5.32 Å². The highest BCUT2D eigenvalue weighted by molar-refractivity contribution is 7.85. The van der Waals surface area contributed by atoms with Gasteiger partial charge in [0, 0.05) is 18.0 Å². The number of para-hydroxylation sites is 3. The zero-order chi connectivity index (χ0) is 17.0. The Balaban J connectivity index is 1.88. The number of benzene rings is 2. The third-order valence-corrected chi connectivity index (χ3v) is 4.16. The number of aryl methyl sites for hydroxylation is 1. The number of nitrogens with zero attached hydrogens (tertiary/aromatic N) is 1. The minimum Gasteiger partial charge on any atom is -0.398 e. The highest BCUT2D eigenvalue weighted by Crippen LogP contribution is 2.15.